The number of nitrogens with zero attached hydrogens (tertiary/aromatic N) is 3. The van der Waals surface area contributed by atoms with E-state index in [1.165, 1.54) is 7.05 Å². The highest BCUT2D eigenvalue weighted by atomic mass is 79.9. The van der Waals surface area contributed by atoms with Gasteiger partial charge in [-0.1, -0.05) is 0 Å². The third-order valence-electron chi connectivity index (χ3n) is 2.90. The highest BCUT2D eigenvalue weighted by Gasteiger charge is 2.36. The zero-order valence-electron chi connectivity index (χ0n) is 9.42. The van der Waals surface area contributed by atoms with Crippen LogP contribution in [0.2, 0.25) is 0 Å². The Hall–Kier alpha value is -1.95. The SMILES string of the molecule is CN1C(=O)C(Br)=C(n2ccc3cccnc32)C1=O. The van der Waals surface area contributed by atoms with Gasteiger partial charge in [-0.05, 0) is 34.1 Å². The fraction of sp³-hybridized carbons (Fsp3) is 0.0833. The van der Waals surface area contributed by atoms with E-state index in [2.05, 4.69) is 20.9 Å². The van der Waals surface area contributed by atoms with E-state index >= 15 is 0 Å². The molecule has 0 aliphatic carbocycles. The second kappa shape index (κ2) is 3.78. The molecule has 1 aliphatic heterocycles. The molecule has 0 aromatic carbocycles. The first kappa shape index (κ1) is 11.2. The van der Waals surface area contributed by atoms with Crippen LogP contribution in [0.5, 0.6) is 0 Å². The molecule has 5 nitrogen and oxygen atoms in total. The second-order valence-corrected chi connectivity index (χ2v) is 4.73. The molecule has 0 radical (unpaired) electrons. The lowest BCUT2D eigenvalue weighted by Crippen LogP contribution is -2.27. The molecule has 0 N–H and O–H groups in total. The summed E-state index contributed by atoms with van der Waals surface area (Å²) < 4.78 is 1.89. The third-order valence-corrected chi connectivity index (χ3v) is 3.61. The molecule has 90 valence electrons. The van der Waals surface area contributed by atoms with E-state index in [9.17, 15) is 9.59 Å². The maximum absolute atomic E-state index is 12.0. The lowest BCUT2D eigenvalue weighted by Gasteiger charge is -2.07. The number of aromatic nitrogens is 2. The van der Waals surface area contributed by atoms with Crippen molar-refractivity contribution in [2.24, 2.45) is 0 Å². The zero-order valence-corrected chi connectivity index (χ0v) is 11.0. The van der Waals surface area contributed by atoms with Gasteiger partial charge in [0.25, 0.3) is 11.8 Å². The predicted molar refractivity (Wildman–Crippen MR) is 69.7 cm³/mol. The van der Waals surface area contributed by atoms with Crippen molar-refractivity contribution in [1.82, 2.24) is 14.5 Å². The van der Waals surface area contributed by atoms with Crippen LogP contribution in [-0.2, 0) is 9.59 Å². The van der Waals surface area contributed by atoms with Gasteiger partial charge >= 0.3 is 0 Å². The summed E-state index contributed by atoms with van der Waals surface area (Å²) in [5.41, 5.74) is 0.956. The van der Waals surface area contributed by atoms with Crippen molar-refractivity contribution in [1.29, 1.82) is 0 Å². The predicted octanol–water partition coefficient (Wildman–Crippen LogP) is 1.60. The van der Waals surface area contributed by atoms with Gasteiger partial charge in [-0.3, -0.25) is 19.1 Å². The molecule has 18 heavy (non-hydrogen) atoms. The molecule has 2 amide bonds. The number of pyridine rings is 1. The van der Waals surface area contributed by atoms with Crippen molar-refractivity contribution in [3.63, 3.8) is 0 Å². The average Bonchev–Trinajstić information content (AvgIpc) is 2.87. The van der Waals surface area contributed by atoms with Gasteiger partial charge in [0.05, 0.1) is 0 Å². The molecule has 2 aromatic rings. The number of carbonyl (C=O) groups excluding carboxylic acids is 2. The molecule has 3 heterocycles. The van der Waals surface area contributed by atoms with Gasteiger partial charge in [-0.2, -0.15) is 0 Å². The summed E-state index contributed by atoms with van der Waals surface area (Å²) in [6, 6.07) is 5.58. The number of hydrogen-bond donors (Lipinski definition) is 0. The number of hydrogen-bond acceptors (Lipinski definition) is 3. The van der Waals surface area contributed by atoms with Gasteiger partial charge < -0.3 is 0 Å². The van der Waals surface area contributed by atoms with E-state index in [0.29, 0.717) is 11.3 Å². The van der Waals surface area contributed by atoms with Crippen LogP contribution in [0.15, 0.2) is 35.1 Å². The normalized spacial score (nSPS) is 16.2. The van der Waals surface area contributed by atoms with Crippen molar-refractivity contribution < 1.29 is 9.59 Å². The summed E-state index contributed by atoms with van der Waals surface area (Å²) in [5, 5.41) is 0.917. The molecular weight excluding hydrogens is 298 g/mol. The molecule has 0 fully saturated rings. The van der Waals surface area contributed by atoms with Gasteiger partial charge in [0.1, 0.15) is 15.8 Å². The minimum Gasteiger partial charge on any atom is -0.295 e. The number of rotatable bonds is 1. The monoisotopic (exact) mass is 305 g/mol. The van der Waals surface area contributed by atoms with E-state index in [1.807, 2.05) is 18.2 Å². The van der Waals surface area contributed by atoms with Crippen LogP contribution < -0.4 is 0 Å². The maximum atomic E-state index is 12.0. The van der Waals surface area contributed by atoms with E-state index in [-0.39, 0.29) is 16.3 Å². The fourth-order valence-electron chi connectivity index (χ4n) is 1.95. The smallest absolute Gasteiger partial charge is 0.278 e. The summed E-state index contributed by atoms with van der Waals surface area (Å²) in [7, 11) is 1.46. The Kier molecular flexibility index (Phi) is 2.34. The number of imide groups is 1. The summed E-state index contributed by atoms with van der Waals surface area (Å²) in [4.78, 5) is 29.1. The Labute approximate surface area is 111 Å². The van der Waals surface area contributed by atoms with Gasteiger partial charge in [-0.25, -0.2) is 4.98 Å². The van der Waals surface area contributed by atoms with Crippen molar-refractivity contribution in [3.05, 3.63) is 35.1 Å². The quantitative estimate of drug-likeness (QED) is 0.752. The third kappa shape index (κ3) is 1.35. The first-order valence-corrected chi connectivity index (χ1v) is 6.05. The lowest BCUT2D eigenvalue weighted by atomic mass is 10.3. The van der Waals surface area contributed by atoms with Crippen LogP contribution in [0.1, 0.15) is 0 Å². The van der Waals surface area contributed by atoms with Crippen molar-refractivity contribution in [3.8, 4) is 0 Å². The summed E-state index contributed by atoms with van der Waals surface area (Å²) >= 11 is 3.18. The standard InChI is InChI=1S/C12H8BrN3O2/c1-15-11(17)8(13)9(12(15)18)16-6-4-7-3-2-5-14-10(7)16/h2-6H,1H3. The van der Waals surface area contributed by atoms with Crippen molar-refractivity contribution in [2.45, 2.75) is 0 Å². The lowest BCUT2D eigenvalue weighted by molar-refractivity contribution is -0.135. The number of likely N-dealkylation sites (N-methyl/N-ethyl adjacent to an activating group) is 1. The van der Waals surface area contributed by atoms with E-state index < -0.39 is 0 Å². The van der Waals surface area contributed by atoms with Crippen LogP contribution >= 0.6 is 15.9 Å². The number of carbonyl (C=O) groups is 2. The topological polar surface area (TPSA) is 55.2 Å². The molecular formula is C12H8BrN3O2. The number of amides is 2. The zero-order chi connectivity index (χ0) is 12.9. The second-order valence-electron chi connectivity index (χ2n) is 3.93. The van der Waals surface area contributed by atoms with Crippen LogP contribution in [0.25, 0.3) is 16.7 Å². The highest BCUT2D eigenvalue weighted by Crippen LogP contribution is 2.30. The Morgan fingerprint density at radius 1 is 1.22 bits per heavy atom. The fourth-order valence-corrected chi connectivity index (χ4v) is 2.58. The Morgan fingerprint density at radius 2 is 2.00 bits per heavy atom. The largest absolute Gasteiger partial charge is 0.295 e. The Bertz CT molecular complexity index is 717. The van der Waals surface area contributed by atoms with Crippen LogP contribution in [-0.4, -0.2) is 33.3 Å². The molecule has 0 spiro atoms. The van der Waals surface area contributed by atoms with Gasteiger partial charge in [0, 0.05) is 24.8 Å². The van der Waals surface area contributed by atoms with E-state index in [0.717, 1.165) is 10.3 Å². The Morgan fingerprint density at radius 3 is 2.67 bits per heavy atom. The number of halogens is 1. The minimum atomic E-state index is -0.340. The number of fused-ring (bicyclic) bond motifs is 1. The van der Waals surface area contributed by atoms with Crippen molar-refractivity contribution in [2.75, 3.05) is 7.05 Å². The highest BCUT2D eigenvalue weighted by molar-refractivity contribution is 9.12. The molecule has 0 bridgehead atoms. The molecule has 0 saturated carbocycles. The van der Waals surface area contributed by atoms with Crippen LogP contribution in [0.3, 0.4) is 0 Å². The molecule has 2 aromatic heterocycles. The molecule has 6 heteroatoms. The summed E-state index contributed by atoms with van der Waals surface area (Å²) in [6.45, 7) is 0. The average molecular weight is 306 g/mol. The molecule has 0 unspecified atom stereocenters. The van der Waals surface area contributed by atoms with Gasteiger partial charge in [0.15, 0.2) is 0 Å². The van der Waals surface area contributed by atoms with Crippen LogP contribution in [0.4, 0.5) is 0 Å². The van der Waals surface area contributed by atoms with Crippen LogP contribution in [0, 0.1) is 0 Å². The Balaban J connectivity index is 2.28. The first-order valence-electron chi connectivity index (χ1n) is 5.26. The molecule has 1 aliphatic rings. The maximum Gasteiger partial charge on any atom is 0.278 e. The van der Waals surface area contributed by atoms with E-state index in [1.54, 1.807) is 17.0 Å². The summed E-state index contributed by atoms with van der Waals surface area (Å²) in [5.74, 6) is -0.678. The molecule has 0 atom stereocenters. The minimum absolute atomic E-state index is 0.262. The molecule has 3 rings (SSSR count). The van der Waals surface area contributed by atoms with Crippen molar-refractivity contribution >= 4 is 44.5 Å². The van der Waals surface area contributed by atoms with E-state index in [4.69, 9.17) is 0 Å². The first-order chi connectivity index (χ1) is 8.61. The molecule has 0 saturated heterocycles. The van der Waals surface area contributed by atoms with Gasteiger partial charge in [0.2, 0.25) is 0 Å². The summed E-state index contributed by atoms with van der Waals surface area (Å²) in [6.07, 6.45) is 3.39. The van der Waals surface area contributed by atoms with Gasteiger partial charge in [-0.15, -0.1) is 0 Å².